The second-order valence-electron chi connectivity index (χ2n) is 5.58. The van der Waals surface area contributed by atoms with Crippen molar-refractivity contribution in [1.29, 1.82) is 0 Å². The van der Waals surface area contributed by atoms with Crippen LogP contribution in [0.5, 0.6) is 0 Å². The van der Waals surface area contributed by atoms with Crippen LogP contribution in [-0.4, -0.2) is 6.04 Å². The number of hydrogen-bond donors (Lipinski definition) is 1. The minimum absolute atomic E-state index is 0.424. The van der Waals surface area contributed by atoms with Crippen LogP contribution in [0.15, 0.2) is 0 Å². The molecule has 96 valence electrons. The van der Waals surface area contributed by atoms with Crippen molar-refractivity contribution < 1.29 is 0 Å². The van der Waals surface area contributed by atoms with Crippen LogP contribution in [0, 0.1) is 34.6 Å². The van der Waals surface area contributed by atoms with Gasteiger partial charge in [-0.2, -0.15) is 0 Å². The van der Waals surface area contributed by atoms with Crippen LogP contribution in [0.4, 0.5) is 0 Å². The maximum absolute atomic E-state index is 3.61. The van der Waals surface area contributed by atoms with Crippen LogP contribution in [0.2, 0.25) is 0 Å². The first kappa shape index (κ1) is 14.2. The Kier molecular flexibility index (Phi) is 4.37. The number of rotatable bonds is 3. The summed E-state index contributed by atoms with van der Waals surface area (Å²) in [6, 6.07) is 0.943. The molecule has 1 unspecified atom stereocenters. The van der Waals surface area contributed by atoms with E-state index in [1.165, 1.54) is 33.4 Å². The summed E-state index contributed by atoms with van der Waals surface area (Å²) in [4.78, 5) is 0. The molecule has 1 atom stereocenters. The third-order valence-corrected chi connectivity index (χ3v) is 4.07. The van der Waals surface area contributed by atoms with Gasteiger partial charge in [-0.05, 0) is 74.9 Å². The fourth-order valence-electron chi connectivity index (χ4n) is 2.76. The van der Waals surface area contributed by atoms with Gasteiger partial charge < -0.3 is 5.32 Å². The molecular weight excluding hydrogens is 206 g/mol. The molecule has 17 heavy (non-hydrogen) atoms. The molecule has 0 aliphatic carbocycles. The molecule has 0 radical (unpaired) electrons. The third-order valence-electron chi connectivity index (χ3n) is 4.07. The van der Waals surface area contributed by atoms with E-state index in [4.69, 9.17) is 0 Å². The Morgan fingerprint density at radius 1 is 0.647 bits per heavy atom. The molecule has 0 aliphatic rings. The number of nitrogens with one attached hydrogen (secondary N) is 1. The van der Waals surface area contributed by atoms with Crippen molar-refractivity contribution >= 4 is 0 Å². The summed E-state index contributed by atoms with van der Waals surface area (Å²) in [6.07, 6.45) is 0. The molecule has 1 aromatic rings. The van der Waals surface area contributed by atoms with Crippen molar-refractivity contribution in [3.8, 4) is 0 Å². The van der Waals surface area contributed by atoms with Gasteiger partial charge in [0.1, 0.15) is 0 Å². The standard InChI is InChI=1S/C16H27N/c1-9(2)17-15(8)16-13(6)11(4)10(3)12(5)14(16)7/h9,15,17H,1-8H3. The molecule has 0 fully saturated rings. The van der Waals surface area contributed by atoms with Gasteiger partial charge in [0.25, 0.3) is 0 Å². The molecule has 0 bridgehead atoms. The lowest BCUT2D eigenvalue weighted by atomic mass is 9.86. The molecule has 0 heterocycles. The number of hydrogen-bond acceptors (Lipinski definition) is 1. The molecule has 0 aromatic heterocycles. The lowest BCUT2D eigenvalue weighted by Crippen LogP contribution is -2.27. The zero-order chi connectivity index (χ0) is 13.3. The van der Waals surface area contributed by atoms with Gasteiger partial charge in [-0.1, -0.05) is 13.8 Å². The Morgan fingerprint density at radius 2 is 1.00 bits per heavy atom. The molecule has 0 amide bonds. The van der Waals surface area contributed by atoms with Gasteiger partial charge in [-0.25, -0.2) is 0 Å². The minimum atomic E-state index is 0.424. The Bertz CT molecular complexity index is 387. The van der Waals surface area contributed by atoms with Gasteiger partial charge in [-0.3, -0.25) is 0 Å². The van der Waals surface area contributed by atoms with Crippen LogP contribution in [0.25, 0.3) is 0 Å². The maximum Gasteiger partial charge on any atom is 0.0299 e. The summed E-state index contributed by atoms with van der Waals surface area (Å²) in [5.41, 5.74) is 8.72. The molecule has 1 nitrogen and oxygen atoms in total. The summed E-state index contributed by atoms with van der Waals surface area (Å²) in [5.74, 6) is 0. The van der Waals surface area contributed by atoms with Crippen molar-refractivity contribution in [3.05, 3.63) is 33.4 Å². The van der Waals surface area contributed by atoms with Crippen LogP contribution < -0.4 is 5.32 Å². The normalized spacial score (nSPS) is 13.2. The summed E-state index contributed by atoms with van der Waals surface area (Å²) in [7, 11) is 0. The Hall–Kier alpha value is -0.820. The molecule has 0 saturated carbocycles. The minimum Gasteiger partial charge on any atom is -0.308 e. The lowest BCUT2D eigenvalue weighted by molar-refractivity contribution is 0.502. The van der Waals surface area contributed by atoms with Gasteiger partial charge >= 0.3 is 0 Å². The second-order valence-corrected chi connectivity index (χ2v) is 5.58. The molecule has 1 N–H and O–H groups in total. The van der Waals surface area contributed by atoms with Crippen molar-refractivity contribution in [3.63, 3.8) is 0 Å². The average Bonchev–Trinajstić information content (AvgIpc) is 2.23. The molecule has 1 rings (SSSR count). The summed E-state index contributed by atoms with van der Waals surface area (Å²) in [5, 5.41) is 3.61. The van der Waals surface area contributed by atoms with Gasteiger partial charge in [0, 0.05) is 12.1 Å². The SMILES string of the molecule is Cc1c(C)c(C)c(C(C)NC(C)C)c(C)c1C. The van der Waals surface area contributed by atoms with Gasteiger partial charge in [0.15, 0.2) is 0 Å². The molecule has 0 aliphatic heterocycles. The molecular formula is C16H27N. The van der Waals surface area contributed by atoms with E-state index >= 15 is 0 Å². The Labute approximate surface area is 107 Å². The predicted molar refractivity (Wildman–Crippen MR) is 76.8 cm³/mol. The first-order valence-electron chi connectivity index (χ1n) is 6.60. The topological polar surface area (TPSA) is 12.0 Å². The van der Waals surface area contributed by atoms with Crippen LogP contribution in [-0.2, 0) is 0 Å². The quantitative estimate of drug-likeness (QED) is 0.821. The van der Waals surface area contributed by atoms with E-state index < -0.39 is 0 Å². The highest BCUT2D eigenvalue weighted by molar-refractivity contribution is 5.50. The summed E-state index contributed by atoms with van der Waals surface area (Å²) >= 11 is 0. The van der Waals surface area contributed by atoms with Crippen molar-refractivity contribution in [2.75, 3.05) is 0 Å². The zero-order valence-corrected chi connectivity index (χ0v) is 12.7. The van der Waals surface area contributed by atoms with Crippen molar-refractivity contribution in [2.45, 2.75) is 67.5 Å². The van der Waals surface area contributed by atoms with Crippen LogP contribution >= 0.6 is 0 Å². The highest BCUT2D eigenvalue weighted by Crippen LogP contribution is 2.30. The van der Waals surface area contributed by atoms with E-state index in [1.807, 2.05) is 0 Å². The highest BCUT2D eigenvalue weighted by atomic mass is 14.9. The maximum atomic E-state index is 3.61. The highest BCUT2D eigenvalue weighted by Gasteiger charge is 2.17. The summed E-state index contributed by atoms with van der Waals surface area (Å²) in [6.45, 7) is 17.9. The first-order chi connectivity index (χ1) is 7.77. The van der Waals surface area contributed by atoms with Crippen molar-refractivity contribution in [1.82, 2.24) is 5.32 Å². The molecule has 1 aromatic carbocycles. The van der Waals surface area contributed by atoms with Crippen LogP contribution in [0.3, 0.4) is 0 Å². The van der Waals surface area contributed by atoms with E-state index in [1.54, 1.807) is 0 Å². The average molecular weight is 233 g/mol. The second kappa shape index (κ2) is 5.22. The Morgan fingerprint density at radius 3 is 1.35 bits per heavy atom. The predicted octanol–water partition coefficient (Wildman–Crippen LogP) is 4.29. The zero-order valence-electron chi connectivity index (χ0n) is 12.7. The molecule has 0 spiro atoms. The van der Waals surface area contributed by atoms with E-state index in [0.717, 1.165) is 0 Å². The first-order valence-corrected chi connectivity index (χ1v) is 6.60. The van der Waals surface area contributed by atoms with E-state index in [0.29, 0.717) is 12.1 Å². The molecule has 1 heteroatoms. The summed E-state index contributed by atoms with van der Waals surface area (Å²) < 4.78 is 0. The van der Waals surface area contributed by atoms with Gasteiger partial charge in [0.2, 0.25) is 0 Å². The van der Waals surface area contributed by atoms with Gasteiger partial charge in [-0.15, -0.1) is 0 Å². The van der Waals surface area contributed by atoms with E-state index in [2.05, 4.69) is 60.7 Å². The van der Waals surface area contributed by atoms with E-state index in [9.17, 15) is 0 Å². The fourth-order valence-corrected chi connectivity index (χ4v) is 2.76. The van der Waals surface area contributed by atoms with Crippen molar-refractivity contribution in [2.24, 2.45) is 0 Å². The largest absolute Gasteiger partial charge is 0.308 e. The number of benzene rings is 1. The van der Waals surface area contributed by atoms with E-state index in [-0.39, 0.29) is 0 Å². The fraction of sp³-hybridized carbons (Fsp3) is 0.625. The Balaban J connectivity index is 3.33. The van der Waals surface area contributed by atoms with Crippen LogP contribution in [0.1, 0.15) is 60.2 Å². The monoisotopic (exact) mass is 233 g/mol. The molecule has 0 saturated heterocycles. The smallest absolute Gasteiger partial charge is 0.0299 e. The van der Waals surface area contributed by atoms with Gasteiger partial charge in [0.05, 0.1) is 0 Å². The third kappa shape index (κ3) is 2.71. The lowest BCUT2D eigenvalue weighted by Gasteiger charge is -2.25.